The van der Waals surface area contributed by atoms with Gasteiger partial charge in [-0.2, -0.15) is 8.78 Å². The van der Waals surface area contributed by atoms with Crippen LogP contribution in [-0.2, 0) is 4.79 Å². The highest BCUT2D eigenvalue weighted by molar-refractivity contribution is 5.94. The van der Waals surface area contributed by atoms with E-state index >= 15 is 0 Å². The van der Waals surface area contributed by atoms with Crippen LogP contribution in [-0.4, -0.2) is 18.6 Å². The largest absolute Gasteiger partial charge is 0.435 e. The molecule has 2 unspecified atom stereocenters. The van der Waals surface area contributed by atoms with E-state index in [0.717, 1.165) is 16.8 Å². The average molecular weight is 362 g/mol. The van der Waals surface area contributed by atoms with E-state index < -0.39 is 12.7 Å². The van der Waals surface area contributed by atoms with Crippen molar-refractivity contribution in [3.63, 3.8) is 0 Å². The van der Waals surface area contributed by atoms with Gasteiger partial charge in [-0.3, -0.25) is 10.1 Å². The van der Waals surface area contributed by atoms with Crippen LogP contribution in [0, 0.1) is 13.8 Å². The standard InChI is InChI=1S/C20H24F2N2O2/c1-12-5-8-17(11-13(12)2)24-19(25)15(4)23-14(3)16-6-9-18(10-7-16)26-20(21)22/h5-11,14-15,20,23H,1-4H3,(H,24,25). The minimum Gasteiger partial charge on any atom is -0.435 e. The number of alkyl halides is 2. The number of hydrogen-bond donors (Lipinski definition) is 2. The topological polar surface area (TPSA) is 50.4 Å². The molecule has 2 aromatic rings. The number of amides is 1. The summed E-state index contributed by atoms with van der Waals surface area (Å²) in [5, 5.41) is 6.09. The summed E-state index contributed by atoms with van der Waals surface area (Å²) in [6.07, 6.45) is 0. The molecular weight excluding hydrogens is 338 g/mol. The molecule has 0 saturated heterocycles. The number of nitrogens with one attached hydrogen (secondary N) is 2. The number of aryl methyl sites for hydroxylation is 2. The van der Waals surface area contributed by atoms with Crippen LogP contribution in [0.1, 0.15) is 36.6 Å². The smallest absolute Gasteiger partial charge is 0.387 e. The van der Waals surface area contributed by atoms with Gasteiger partial charge in [-0.1, -0.05) is 18.2 Å². The lowest BCUT2D eigenvalue weighted by atomic mass is 10.1. The molecule has 2 N–H and O–H groups in total. The number of ether oxygens (including phenoxy) is 1. The summed E-state index contributed by atoms with van der Waals surface area (Å²) in [6, 6.07) is 11.6. The second-order valence-corrected chi connectivity index (χ2v) is 6.35. The predicted molar refractivity (Wildman–Crippen MR) is 98.6 cm³/mol. The Morgan fingerprint density at radius 2 is 1.65 bits per heavy atom. The SMILES string of the molecule is Cc1ccc(NC(=O)C(C)NC(C)c2ccc(OC(F)F)cc2)cc1C. The Hall–Kier alpha value is -2.47. The molecule has 0 radical (unpaired) electrons. The van der Waals surface area contributed by atoms with Gasteiger partial charge in [-0.25, -0.2) is 0 Å². The molecule has 0 aliphatic rings. The van der Waals surface area contributed by atoms with Gasteiger partial charge in [-0.05, 0) is 68.7 Å². The average Bonchev–Trinajstić information content (AvgIpc) is 2.58. The van der Waals surface area contributed by atoms with Crippen molar-refractivity contribution in [1.29, 1.82) is 0 Å². The van der Waals surface area contributed by atoms with Crippen LogP contribution in [0.5, 0.6) is 5.75 Å². The fourth-order valence-electron chi connectivity index (χ4n) is 2.55. The van der Waals surface area contributed by atoms with Gasteiger partial charge in [0.05, 0.1) is 6.04 Å². The lowest BCUT2D eigenvalue weighted by Gasteiger charge is -2.20. The first kappa shape index (κ1) is 19.8. The maximum absolute atomic E-state index is 12.4. The third-order valence-corrected chi connectivity index (χ3v) is 4.27. The molecule has 0 bridgehead atoms. The van der Waals surface area contributed by atoms with Crippen LogP contribution < -0.4 is 15.4 Å². The number of halogens is 2. The van der Waals surface area contributed by atoms with Gasteiger partial charge in [0.1, 0.15) is 5.75 Å². The highest BCUT2D eigenvalue weighted by Crippen LogP contribution is 2.20. The second kappa shape index (κ2) is 8.76. The maximum Gasteiger partial charge on any atom is 0.387 e. The van der Waals surface area contributed by atoms with Gasteiger partial charge in [0.15, 0.2) is 0 Å². The van der Waals surface area contributed by atoms with E-state index in [1.54, 1.807) is 19.1 Å². The molecule has 26 heavy (non-hydrogen) atoms. The van der Waals surface area contributed by atoms with Crippen LogP contribution in [0.3, 0.4) is 0 Å². The van der Waals surface area contributed by atoms with E-state index in [2.05, 4.69) is 15.4 Å². The van der Waals surface area contributed by atoms with Gasteiger partial charge in [-0.15, -0.1) is 0 Å². The summed E-state index contributed by atoms with van der Waals surface area (Å²) in [4.78, 5) is 12.4. The molecule has 0 aliphatic carbocycles. The molecular formula is C20H24F2N2O2. The van der Waals surface area contributed by atoms with Crippen molar-refractivity contribution in [3.05, 3.63) is 59.2 Å². The summed E-state index contributed by atoms with van der Waals surface area (Å²) < 4.78 is 28.7. The van der Waals surface area contributed by atoms with Crippen molar-refractivity contribution in [2.75, 3.05) is 5.32 Å². The molecule has 2 rings (SSSR count). The zero-order valence-electron chi connectivity index (χ0n) is 15.3. The number of hydrogen-bond acceptors (Lipinski definition) is 3. The highest BCUT2D eigenvalue weighted by atomic mass is 19.3. The first-order chi connectivity index (χ1) is 12.3. The Morgan fingerprint density at radius 1 is 1.00 bits per heavy atom. The number of carbonyl (C=O) groups is 1. The van der Waals surface area contributed by atoms with Crippen molar-refractivity contribution in [3.8, 4) is 5.75 Å². The predicted octanol–water partition coefficient (Wildman–Crippen LogP) is 4.58. The van der Waals surface area contributed by atoms with Gasteiger partial charge in [0.25, 0.3) is 0 Å². The lowest BCUT2D eigenvalue weighted by molar-refractivity contribution is -0.117. The van der Waals surface area contributed by atoms with Crippen molar-refractivity contribution < 1.29 is 18.3 Å². The van der Waals surface area contributed by atoms with Crippen LogP contribution >= 0.6 is 0 Å². The van der Waals surface area contributed by atoms with E-state index in [0.29, 0.717) is 0 Å². The number of anilines is 1. The Kier molecular flexibility index (Phi) is 6.69. The first-order valence-electron chi connectivity index (χ1n) is 8.45. The van der Waals surface area contributed by atoms with Gasteiger partial charge in [0.2, 0.25) is 5.91 Å². The molecule has 0 saturated carbocycles. The van der Waals surface area contributed by atoms with Crippen LogP contribution in [0.2, 0.25) is 0 Å². The minimum atomic E-state index is -2.84. The quantitative estimate of drug-likeness (QED) is 0.758. The summed E-state index contributed by atoms with van der Waals surface area (Å²) in [7, 11) is 0. The zero-order chi connectivity index (χ0) is 19.3. The molecule has 1 amide bonds. The summed E-state index contributed by atoms with van der Waals surface area (Å²) >= 11 is 0. The minimum absolute atomic E-state index is 0.108. The Balaban J connectivity index is 1.93. The van der Waals surface area contributed by atoms with Crippen molar-refractivity contribution >= 4 is 11.6 Å². The molecule has 0 aromatic heterocycles. The van der Waals surface area contributed by atoms with Crippen LogP contribution in [0.25, 0.3) is 0 Å². The van der Waals surface area contributed by atoms with Gasteiger partial charge < -0.3 is 10.1 Å². The number of benzene rings is 2. The molecule has 6 heteroatoms. The monoisotopic (exact) mass is 362 g/mol. The van der Waals surface area contributed by atoms with Crippen LogP contribution in [0.15, 0.2) is 42.5 Å². The summed E-state index contributed by atoms with van der Waals surface area (Å²) in [5.41, 5.74) is 3.91. The molecule has 2 aromatic carbocycles. The third-order valence-electron chi connectivity index (χ3n) is 4.27. The van der Waals surface area contributed by atoms with E-state index in [-0.39, 0.29) is 17.7 Å². The van der Waals surface area contributed by atoms with E-state index in [1.807, 2.05) is 39.0 Å². The maximum atomic E-state index is 12.4. The molecule has 0 heterocycles. The van der Waals surface area contributed by atoms with E-state index in [9.17, 15) is 13.6 Å². The Morgan fingerprint density at radius 3 is 2.23 bits per heavy atom. The molecule has 140 valence electrons. The summed E-state index contributed by atoms with van der Waals surface area (Å²) in [5.74, 6) is -0.0331. The fraction of sp³-hybridized carbons (Fsp3) is 0.350. The van der Waals surface area contributed by atoms with E-state index in [4.69, 9.17) is 0 Å². The molecule has 0 aliphatic heterocycles. The normalized spacial score (nSPS) is 13.3. The Bertz CT molecular complexity index is 748. The molecule has 0 fully saturated rings. The highest BCUT2D eigenvalue weighted by Gasteiger charge is 2.17. The van der Waals surface area contributed by atoms with Crippen molar-refractivity contribution in [2.24, 2.45) is 0 Å². The van der Waals surface area contributed by atoms with E-state index in [1.165, 1.54) is 17.7 Å². The van der Waals surface area contributed by atoms with Crippen molar-refractivity contribution in [2.45, 2.75) is 46.4 Å². The molecule has 2 atom stereocenters. The Labute approximate surface area is 152 Å². The molecule has 0 spiro atoms. The van der Waals surface area contributed by atoms with Crippen molar-refractivity contribution in [1.82, 2.24) is 5.32 Å². The number of rotatable bonds is 7. The fourth-order valence-corrected chi connectivity index (χ4v) is 2.55. The lowest BCUT2D eigenvalue weighted by Crippen LogP contribution is -2.39. The first-order valence-corrected chi connectivity index (χ1v) is 8.45. The van der Waals surface area contributed by atoms with Crippen LogP contribution in [0.4, 0.5) is 14.5 Å². The third kappa shape index (κ3) is 5.52. The molecule has 4 nitrogen and oxygen atoms in total. The van der Waals surface area contributed by atoms with Gasteiger partial charge in [0, 0.05) is 11.7 Å². The second-order valence-electron chi connectivity index (χ2n) is 6.35. The summed E-state index contributed by atoms with van der Waals surface area (Å²) in [6.45, 7) is 4.86. The zero-order valence-corrected chi connectivity index (χ0v) is 15.3. The van der Waals surface area contributed by atoms with Gasteiger partial charge >= 0.3 is 6.61 Å². The number of carbonyl (C=O) groups excluding carboxylic acids is 1.